The number of hydrogen-bond donors (Lipinski definition) is 1. The molecule has 1 heterocycles. The number of fused-ring (bicyclic) bond motifs is 1. The number of benzene rings is 2. The third kappa shape index (κ3) is 2.69. The van der Waals surface area contributed by atoms with Gasteiger partial charge in [-0.25, -0.2) is 0 Å². The van der Waals surface area contributed by atoms with Crippen LogP contribution in [0.15, 0.2) is 41.8 Å². The second-order valence-electron chi connectivity index (χ2n) is 5.42. The maximum atomic E-state index is 12.5. The van der Waals surface area contributed by atoms with Crippen molar-refractivity contribution in [3.05, 3.63) is 64.0 Å². The molecule has 21 heavy (non-hydrogen) atoms. The van der Waals surface area contributed by atoms with Crippen LogP contribution in [0.2, 0.25) is 0 Å². The van der Waals surface area contributed by atoms with E-state index in [9.17, 15) is 4.79 Å². The van der Waals surface area contributed by atoms with E-state index < -0.39 is 0 Å². The Morgan fingerprint density at radius 2 is 1.71 bits per heavy atom. The van der Waals surface area contributed by atoms with E-state index in [1.165, 1.54) is 11.1 Å². The van der Waals surface area contributed by atoms with Crippen molar-refractivity contribution >= 4 is 33.0 Å². The first kappa shape index (κ1) is 13.8. The van der Waals surface area contributed by atoms with E-state index >= 15 is 0 Å². The summed E-state index contributed by atoms with van der Waals surface area (Å²) in [6.45, 7) is 6.11. The molecule has 2 nitrogen and oxygen atoms in total. The predicted molar refractivity (Wildman–Crippen MR) is 90.4 cm³/mol. The van der Waals surface area contributed by atoms with Gasteiger partial charge in [-0.05, 0) is 44.5 Å². The number of hydrogen-bond acceptors (Lipinski definition) is 2. The van der Waals surface area contributed by atoms with Crippen molar-refractivity contribution in [1.29, 1.82) is 0 Å². The van der Waals surface area contributed by atoms with Gasteiger partial charge in [0.05, 0.1) is 5.56 Å². The highest BCUT2D eigenvalue weighted by Gasteiger charge is 2.13. The number of anilines is 1. The smallest absolute Gasteiger partial charge is 0.257 e. The van der Waals surface area contributed by atoms with Gasteiger partial charge in [-0.3, -0.25) is 4.79 Å². The molecule has 0 bridgehead atoms. The molecule has 0 unspecified atom stereocenters. The van der Waals surface area contributed by atoms with E-state index in [4.69, 9.17) is 0 Å². The molecule has 3 aromatic rings. The van der Waals surface area contributed by atoms with Gasteiger partial charge < -0.3 is 5.32 Å². The summed E-state index contributed by atoms with van der Waals surface area (Å²) in [6.07, 6.45) is 0. The number of thiophene rings is 1. The lowest BCUT2D eigenvalue weighted by atomic mass is 10.1. The van der Waals surface area contributed by atoms with Crippen molar-refractivity contribution < 1.29 is 4.79 Å². The molecule has 0 aliphatic rings. The lowest BCUT2D eigenvalue weighted by Crippen LogP contribution is -2.12. The molecule has 0 aliphatic carbocycles. The largest absolute Gasteiger partial charge is 0.322 e. The third-order valence-corrected chi connectivity index (χ3v) is 4.57. The molecule has 0 spiro atoms. The van der Waals surface area contributed by atoms with Gasteiger partial charge in [0.1, 0.15) is 0 Å². The number of amides is 1. The van der Waals surface area contributed by atoms with Crippen molar-refractivity contribution in [3.8, 4) is 0 Å². The maximum absolute atomic E-state index is 12.5. The molecule has 106 valence electrons. The monoisotopic (exact) mass is 295 g/mol. The van der Waals surface area contributed by atoms with Crippen LogP contribution in [0.1, 0.15) is 27.0 Å². The summed E-state index contributed by atoms with van der Waals surface area (Å²) in [6, 6.07) is 12.3. The van der Waals surface area contributed by atoms with Gasteiger partial charge >= 0.3 is 0 Å². The fourth-order valence-electron chi connectivity index (χ4n) is 2.46. The highest BCUT2D eigenvalue weighted by atomic mass is 32.1. The van der Waals surface area contributed by atoms with Gasteiger partial charge in [-0.15, -0.1) is 11.3 Å². The first-order valence-electron chi connectivity index (χ1n) is 6.91. The second kappa shape index (κ2) is 5.34. The van der Waals surface area contributed by atoms with Crippen LogP contribution in [0.4, 0.5) is 5.69 Å². The number of rotatable bonds is 2. The molecule has 0 aliphatic heterocycles. The lowest BCUT2D eigenvalue weighted by molar-refractivity contribution is 0.102. The summed E-state index contributed by atoms with van der Waals surface area (Å²) in [5, 5.41) is 5.98. The molecule has 3 rings (SSSR count). The molecular weight excluding hydrogens is 278 g/mol. The lowest BCUT2D eigenvalue weighted by Gasteiger charge is -2.09. The fourth-order valence-corrected chi connectivity index (χ4v) is 3.38. The quantitative estimate of drug-likeness (QED) is 0.702. The van der Waals surface area contributed by atoms with Crippen molar-refractivity contribution in [2.24, 2.45) is 0 Å². The van der Waals surface area contributed by atoms with E-state index in [1.54, 1.807) is 11.3 Å². The van der Waals surface area contributed by atoms with Crippen LogP contribution in [0.3, 0.4) is 0 Å². The molecule has 1 amide bonds. The topological polar surface area (TPSA) is 29.1 Å². The third-order valence-electron chi connectivity index (χ3n) is 3.60. The van der Waals surface area contributed by atoms with Gasteiger partial charge in [0, 0.05) is 21.2 Å². The van der Waals surface area contributed by atoms with Crippen LogP contribution in [-0.2, 0) is 0 Å². The van der Waals surface area contributed by atoms with E-state index in [0.717, 1.165) is 26.9 Å². The van der Waals surface area contributed by atoms with E-state index in [1.807, 2.05) is 38.3 Å². The van der Waals surface area contributed by atoms with Crippen LogP contribution >= 0.6 is 11.3 Å². The van der Waals surface area contributed by atoms with Crippen LogP contribution < -0.4 is 5.32 Å². The molecule has 3 heteroatoms. The summed E-state index contributed by atoms with van der Waals surface area (Å²) < 4.78 is 1.14. The summed E-state index contributed by atoms with van der Waals surface area (Å²) in [7, 11) is 0. The zero-order valence-corrected chi connectivity index (χ0v) is 13.2. The zero-order valence-electron chi connectivity index (χ0n) is 12.4. The minimum atomic E-state index is -0.0428. The Labute approximate surface area is 128 Å². The fraction of sp³-hybridized carbons (Fsp3) is 0.167. The SMILES string of the molecule is Cc1ccc(NC(=O)c2csc3ccc(C)cc23)c(C)c1. The van der Waals surface area contributed by atoms with Gasteiger partial charge in [0.2, 0.25) is 0 Å². The molecule has 0 saturated heterocycles. The van der Waals surface area contributed by atoms with Crippen molar-refractivity contribution in [2.45, 2.75) is 20.8 Å². The van der Waals surface area contributed by atoms with Gasteiger partial charge in [0.15, 0.2) is 0 Å². The van der Waals surface area contributed by atoms with Crippen molar-refractivity contribution in [2.75, 3.05) is 5.32 Å². The number of nitrogens with one attached hydrogen (secondary N) is 1. The minimum absolute atomic E-state index is 0.0428. The first-order chi connectivity index (χ1) is 10.0. The summed E-state index contributed by atoms with van der Waals surface area (Å²) in [5.41, 5.74) is 5.07. The van der Waals surface area contributed by atoms with Crippen LogP contribution in [0.5, 0.6) is 0 Å². The highest BCUT2D eigenvalue weighted by Crippen LogP contribution is 2.28. The first-order valence-corrected chi connectivity index (χ1v) is 7.79. The van der Waals surface area contributed by atoms with Crippen molar-refractivity contribution in [3.63, 3.8) is 0 Å². The van der Waals surface area contributed by atoms with Crippen LogP contribution in [-0.4, -0.2) is 5.91 Å². The van der Waals surface area contributed by atoms with E-state index in [-0.39, 0.29) is 5.91 Å². The van der Waals surface area contributed by atoms with Crippen LogP contribution in [0, 0.1) is 20.8 Å². The number of carbonyl (C=O) groups is 1. The molecule has 0 atom stereocenters. The van der Waals surface area contributed by atoms with Gasteiger partial charge in [-0.1, -0.05) is 29.3 Å². The Morgan fingerprint density at radius 1 is 1.00 bits per heavy atom. The Morgan fingerprint density at radius 3 is 2.48 bits per heavy atom. The summed E-state index contributed by atoms with van der Waals surface area (Å²) in [5.74, 6) is -0.0428. The minimum Gasteiger partial charge on any atom is -0.322 e. The van der Waals surface area contributed by atoms with Crippen molar-refractivity contribution in [1.82, 2.24) is 0 Å². The molecule has 0 fully saturated rings. The maximum Gasteiger partial charge on any atom is 0.257 e. The highest BCUT2D eigenvalue weighted by molar-refractivity contribution is 7.17. The second-order valence-corrected chi connectivity index (χ2v) is 6.33. The van der Waals surface area contributed by atoms with E-state index in [2.05, 4.69) is 29.6 Å². The molecule has 0 radical (unpaired) electrons. The van der Waals surface area contributed by atoms with Crippen LogP contribution in [0.25, 0.3) is 10.1 Å². The standard InChI is InChI=1S/C18H17NOS/c1-11-4-6-16(13(3)8-11)19-18(20)15-10-21-17-7-5-12(2)9-14(15)17/h4-10H,1-3H3,(H,19,20). The zero-order chi connectivity index (χ0) is 15.0. The Hall–Kier alpha value is -2.13. The average molecular weight is 295 g/mol. The van der Waals surface area contributed by atoms with E-state index in [0.29, 0.717) is 0 Å². The predicted octanol–water partition coefficient (Wildman–Crippen LogP) is 5.08. The average Bonchev–Trinajstić information content (AvgIpc) is 2.85. The number of aryl methyl sites for hydroxylation is 3. The molecule has 0 saturated carbocycles. The Balaban J connectivity index is 1.95. The molecule has 1 aromatic heterocycles. The summed E-state index contributed by atoms with van der Waals surface area (Å²) in [4.78, 5) is 12.5. The Bertz CT molecular complexity index is 832. The number of carbonyl (C=O) groups excluding carboxylic acids is 1. The van der Waals surface area contributed by atoms with Gasteiger partial charge in [0.25, 0.3) is 5.91 Å². The molecule has 2 aromatic carbocycles. The Kier molecular flexibility index (Phi) is 3.52. The normalized spacial score (nSPS) is 10.8. The van der Waals surface area contributed by atoms with Gasteiger partial charge in [-0.2, -0.15) is 0 Å². The molecule has 1 N–H and O–H groups in total. The molecular formula is C18H17NOS. The summed E-state index contributed by atoms with van der Waals surface area (Å²) >= 11 is 1.61.